The number of carbonyl (C=O) groups is 1. The second-order valence-electron chi connectivity index (χ2n) is 3.98. The van der Waals surface area contributed by atoms with Crippen LogP contribution in [0.2, 0.25) is 0 Å². The molecule has 0 amide bonds. The molecular formula is C12H18N2O2. The van der Waals surface area contributed by atoms with Gasteiger partial charge < -0.3 is 9.30 Å². The third-order valence-corrected chi connectivity index (χ3v) is 3.01. The third kappa shape index (κ3) is 1.84. The lowest BCUT2D eigenvalue weighted by Crippen LogP contribution is -2.18. The number of hydrogen-bond acceptors (Lipinski definition) is 3. The summed E-state index contributed by atoms with van der Waals surface area (Å²) in [5, 5.41) is 0. The van der Waals surface area contributed by atoms with E-state index in [1.54, 1.807) is 18.5 Å². The predicted octanol–water partition coefficient (Wildman–Crippen LogP) is 1.47. The van der Waals surface area contributed by atoms with Gasteiger partial charge >= 0.3 is 5.97 Å². The molecule has 2 heterocycles. The Hall–Kier alpha value is -1.32. The summed E-state index contributed by atoms with van der Waals surface area (Å²) in [6, 6.07) is 0. The summed E-state index contributed by atoms with van der Waals surface area (Å²) in [7, 11) is 1.73. The van der Waals surface area contributed by atoms with Crippen LogP contribution >= 0.6 is 0 Å². The monoisotopic (exact) mass is 227 g/mol. The Labute approximate surface area is 103 Å². The molecule has 1 fully saturated rings. The molecule has 1 aliphatic rings. The summed E-state index contributed by atoms with van der Waals surface area (Å²) in [6.45, 7) is -0.711. The highest BCUT2D eigenvalue weighted by atomic mass is 16.5. The Bertz CT molecular complexity index is 569. The van der Waals surface area contributed by atoms with E-state index in [0.717, 1.165) is 0 Å². The van der Waals surface area contributed by atoms with Gasteiger partial charge in [-0.2, -0.15) is 0 Å². The molecule has 1 aliphatic heterocycles. The van der Waals surface area contributed by atoms with Gasteiger partial charge in [0, 0.05) is 30.3 Å². The first-order chi connectivity index (χ1) is 9.53. The van der Waals surface area contributed by atoms with Crippen molar-refractivity contribution in [2.45, 2.75) is 26.6 Å². The Morgan fingerprint density at radius 2 is 2.69 bits per heavy atom. The van der Waals surface area contributed by atoms with E-state index in [9.17, 15) is 4.79 Å². The first-order valence-electron chi connectivity index (χ1n) is 7.69. The van der Waals surface area contributed by atoms with Gasteiger partial charge in [-0.1, -0.05) is 6.85 Å². The zero-order chi connectivity index (χ0) is 16.0. The lowest BCUT2D eigenvalue weighted by atomic mass is 9.89. The van der Waals surface area contributed by atoms with Crippen LogP contribution in [0, 0.1) is 18.7 Å². The molecule has 0 aliphatic carbocycles. The van der Waals surface area contributed by atoms with E-state index < -0.39 is 24.6 Å². The minimum absolute atomic E-state index is 0.0496. The average Bonchev–Trinajstić information content (AvgIpc) is 2.74. The van der Waals surface area contributed by atoms with Gasteiger partial charge in [0.05, 0.1) is 13.9 Å². The minimum Gasteiger partial charge on any atom is -0.465 e. The minimum atomic E-state index is -2.30. The molecule has 1 aromatic rings. The number of cyclic esters (lactones) is 1. The van der Waals surface area contributed by atoms with Crippen molar-refractivity contribution in [1.29, 1.82) is 0 Å². The topological polar surface area (TPSA) is 44.1 Å². The number of esters is 1. The molecule has 0 N–H and O–H groups in total. The van der Waals surface area contributed by atoms with Crippen LogP contribution in [0.4, 0.5) is 0 Å². The molecule has 88 valence electrons. The number of hydrogen-bond donors (Lipinski definition) is 0. The van der Waals surface area contributed by atoms with E-state index in [4.69, 9.17) is 11.6 Å². The van der Waals surface area contributed by atoms with Gasteiger partial charge in [-0.05, 0) is 19.8 Å². The van der Waals surface area contributed by atoms with Crippen LogP contribution in [-0.2, 0) is 23.0 Å². The van der Waals surface area contributed by atoms with E-state index in [1.807, 2.05) is 0 Å². The summed E-state index contributed by atoms with van der Waals surface area (Å²) in [6.07, 6.45) is -0.275. The summed E-state index contributed by atoms with van der Waals surface area (Å²) in [4.78, 5) is 15.8. The lowest BCUT2D eigenvalue weighted by molar-refractivity contribution is -0.141. The Morgan fingerprint density at radius 1 is 1.88 bits per heavy atom. The maximum absolute atomic E-state index is 11.8. The number of imidazole rings is 1. The van der Waals surface area contributed by atoms with Crippen LogP contribution in [0.3, 0.4) is 0 Å². The number of aryl methyl sites for hydroxylation is 1. The highest BCUT2D eigenvalue weighted by molar-refractivity contribution is 5.74. The van der Waals surface area contributed by atoms with Crippen molar-refractivity contribution >= 4 is 5.97 Å². The van der Waals surface area contributed by atoms with Crippen LogP contribution in [0.15, 0.2) is 6.17 Å². The van der Waals surface area contributed by atoms with Crippen LogP contribution in [0.25, 0.3) is 0 Å². The van der Waals surface area contributed by atoms with E-state index >= 15 is 0 Å². The molecule has 0 spiro atoms. The third-order valence-electron chi connectivity index (χ3n) is 3.01. The van der Waals surface area contributed by atoms with Crippen LogP contribution in [0.1, 0.15) is 31.6 Å². The van der Waals surface area contributed by atoms with Gasteiger partial charge in [-0.25, -0.2) is 4.98 Å². The zero-order valence-corrected chi connectivity index (χ0v) is 9.41. The fourth-order valence-corrected chi connectivity index (χ4v) is 1.80. The van der Waals surface area contributed by atoms with Gasteiger partial charge in [-0.15, -0.1) is 0 Å². The summed E-state index contributed by atoms with van der Waals surface area (Å²) < 4.78 is 44.9. The molecule has 16 heavy (non-hydrogen) atoms. The largest absolute Gasteiger partial charge is 0.465 e. The van der Waals surface area contributed by atoms with E-state index in [-0.39, 0.29) is 25.6 Å². The van der Waals surface area contributed by atoms with Gasteiger partial charge in [-0.3, -0.25) is 4.79 Å². The molecule has 0 saturated carbocycles. The normalized spacial score (nSPS) is 34.8. The Morgan fingerprint density at radius 3 is 3.31 bits per heavy atom. The summed E-state index contributed by atoms with van der Waals surface area (Å²) in [5.74, 6) is -2.40. The molecule has 2 atom stereocenters. The van der Waals surface area contributed by atoms with E-state index in [1.165, 1.54) is 0 Å². The van der Waals surface area contributed by atoms with Crippen molar-refractivity contribution < 1.29 is 16.4 Å². The first-order valence-corrected chi connectivity index (χ1v) is 5.19. The number of ether oxygens (including phenoxy) is 1. The summed E-state index contributed by atoms with van der Waals surface area (Å²) >= 11 is 0. The fraction of sp³-hybridized carbons (Fsp3) is 0.667. The van der Waals surface area contributed by atoms with Gasteiger partial charge in [0.25, 0.3) is 0 Å². The van der Waals surface area contributed by atoms with Gasteiger partial charge in [0.1, 0.15) is 5.82 Å². The predicted molar refractivity (Wildman–Crippen MR) is 59.9 cm³/mol. The molecule has 2 rings (SSSR count). The van der Waals surface area contributed by atoms with Crippen molar-refractivity contribution in [2.24, 2.45) is 18.9 Å². The molecule has 0 unspecified atom stereocenters. The molecule has 1 aromatic heterocycles. The maximum atomic E-state index is 11.8. The molecule has 4 heteroatoms. The standard InChI is InChI=1S/C12H18N2O2/c1-4-11-9(7-16-12(11)15)5-10-6-13-8(2)14(10)3/h6,9,11H,4-5,7H2,1-3H3/t9-,11-/m0/s1/i1D3,6D,9D. The van der Waals surface area contributed by atoms with Crippen LogP contribution < -0.4 is 0 Å². The van der Waals surface area contributed by atoms with Crippen molar-refractivity contribution in [3.8, 4) is 0 Å². The number of carbonyl (C=O) groups excluding carboxylic acids is 1. The van der Waals surface area contributed by atoms with E-state index in [0.29, 0.717) is 11.5 Å². The molecule has 0 bridgehead atoms. The molecule has 1 saturated heterocycles. The molecular weight excluding hydrogens is 204 g/mol. The van der Waals surface area contributed by atoms with Crippen molar-refractivity contribution in [1.82, 2.24) is 9.55 Å². The van der Waals surface area contributed by atoms with Crippen LogP contribution in [0.5, 0.6) is 0 Å². The highest BCUT2D eigenvalue weighted by Crippen LogP contribution is 2.28. The first kappa shape index (κ1) is 6.42. The molecule has 4 nitrogen and oxygen atoms in total. The van der Waals surface area contributed by atoms with Crippen molar-refractivity contribution in [2.75, 3.05) is 6.61 Å². The Kier molecular flexibility index (Phi) is 1.72. The summed E-state index contributed by atoms with van der Waals surface area (Å²) in [5.41, 5.74) is 0.511. The second kappa shape index (κ2) is 4.28. The highest BCUT2D eigenvalue weighted by Gasteiger charge is 2.35. The number of rotatable bonds is 3. The molecule has 0 aromatic carbocycles. The van der Waals surface area contributed by atoms with Crippen LogP contribution in [-0.4, -0.2) is 22.1 Å². The number of nitrogens with zero attached hydrogens (tertiary/aromatic N) is 2. The van der Waals surface area contributed by atoms with Crippen molar-refractivity contribution in [3.05, 3.63) is 17.7 Å². The number of aromatic nitrogens is 2. The van der Waals surface area contributed by atoms with Gasteiger partial charge in [0.15, 0.2) is 0 Å². The Balaban J connectivity index is 2.29. The second-order valence-corrected chi connectivity index (χ2v) is 3.98. The zero-order valence-electron chi connectivity index (χ0n) is 14.4. The smallest absolute Gasteiger partial charge is 0.309 e. The van der Waals surface area contributed by atoms with Gasteiger partial charge in [0.2, 0.25) is 0 Å². The SMILES string of the molecule is [2H]c1nc(C)n(C)c1C[C@@]1([2H])COC(=O)[C@H]1CC([2H])([2H])[2H]. The quantitative estimate of drug-likeness (QED) is 0.734. The lowest BCUT2D eigenvalue weighted by Gasteiger charge is -2.13. The fourth-order valence-electron chi connectivity index (χ4n) is 1.80. The maximum Gasteiger partial charge on any atom is 0.309 e. The van der Waals surface area contributed by atoms with E-state index in [2.05, 4.69) is 4.98 Å². The average molecular weight is 227 g/mol. The van der Waals surface area contributed by atoms with Crippen molar-refractivity contribution in [3.63, 3.8) is 0 Å². The molecule has 0 radical (unpaired) electrons.